The van der Waals surface area contributed by atoms with Crippen LogP contribution >= 0.6 is 31.9 Å². The van der Waals surface area contributed by atoms with Crippen molar-refractivity contribution in [3.8, 4) is 0 Å². The van der Waals surface area contributed by atoms with Crippen LogP contribution in [0.4, 0.5) is 0 Å². The van der Waals surface area contributed by atoms with Crippen LogP contribution in [-0.4, -0.2) is 13.1 Å². The Hall–Kier alpha value is -0.610. The van der Waals surface area contributed by atoms with Crippen molar-refractivity contribution in [2.45, 2.75) is 13.3 Å². The summed E-state index contributed by atoms with van der Waals surface area (Å²) < 4.78 is 6.35. The Bertz CT molecular complexity index is 425. The summed E-state index contributed by atoms with van der Waals surface area (Å²) in [5.74, 6) is -0.342. The van der Waals surface area contributed by atoms with E-state index in [1.165, 1.54) is 7.11 Å². The zero-order valence-corrected chi connectivity index (χ0v) is 12.3. The molecule has 0 bridgehead atoms. The number of carbonyl (C=O) groups excluding carboxylic acids is 1. The van der Waals surface area contributed by atoms with Gasteiger partial charge >= 0.3 is 5.97 Å². The van der Waals surface area contributed by atoms with E-state index in [1.54, 1.807) is 6.07 Å². The van der Waals surface area contributed by atoms with E-state index in [9.17, 15) is 4.79 Å². The van der Waals surface area contributed by atoms with Crippen molar-refractivity contribution in [1.82, 2.24) is 0 Å². The fraction of sp³-hybridized carbons (Fsp3) is 0.250. The summed E-state index contributed by atoms with van der Waals surface area (Å²) in [5.41, 5.74) is 1.65. The third kappa shape index (κ3) is 3.19. The molecule has 0 saturated carbocycles. The smallest absolute Gasteiger partial charge is 0.339 e. The molecule has 0 radical (unpaired) electrons. The molecule has 0 atom stereocenters. The van der Waals surface area contributed by atoms with E-state index in [0.29, 0.717) is 5.56 Å². The summed E-state index contributed by atoms with van der Waals surface area (Å²) in [6.45, 7) is 1.98. The average Bonchev–Trinajstić information content (AvgIpc) is 2.28. The quantitative estimate of drug-likeness (QED) is 0.607. The minimum atomic E-state index is -0.342. The van der Waals surface area contributed by atoms with Crippen LogP contribution in [-0.2, 0) is 11.2 Å². The molecule has 1 aromatic carbocycles. The zero-order valence-electron chi connectivity index (χ0n) is 9.09. The third-order valence-corrected chi connectivity index (χ3v) is 3.51. The standard InChI is InChI=1S/C12H12Br2O2/c1-3-4-5-8-6-11(14)9(7-10(8)13)12(15)16-2/h3-4,6-7H,5H2,1-2H3. The first-order chi connectivity index (χ1) is 7.60. The molecule has 0 N–H and O–H groups in total. The molecule has 0 heterocycles. The molecule has 1 aromatic rings. The van der Waals surface area contributed by atoms with Crippen LogP contribution in [0.25, 0.3) is 0 Å². The second kappa shape index (κ2) is 6.21. The first-order valence-electron chi connectivity index (χ1n) is 4.77. The van der Waals surface area contributed by atoms with E-state index in [2.05, 4.69) is 42.7 Å². The van der Waals surface area contributed by atoms with Crippen molar-refractivity contribution in [3.05, 3.63) is 44.4 Å². The second-order valence-electron chi connectivity index (χ2n) is 3.19. The topological polar surface area (TPSA) is 26.3 Å². The molecule has 4 heteroatoms. The van der Waals surface area contributed by atoms with Crippen molar-refractivity contribution in [2.75, 3.05) is 7.11 Å². The number of esters is 1. The molecule has 0 fully saturated rings. The Morgan fingerprint density at radius 2 is 2.06 bits per heavy atom. The highest BCUT2D eigenvalue weighted by Crippen LogP contribution is 2.27. The molecular formula is C12H12Br2O2. The van der Waals surface area contributed by atoms with Gasteiger partial charge in [0.15, 0.2) is 0 Å². The molecule has 0 saturated heterocycles. The Balaban J connectivity index is 3.11. The van der Waals surface area contributed by atoms with Crippen LogP contribution in [0.5, 0.6) is 0 Å². The van der Waals surface area contributed by atoms with Gasteiger partial charge in [-0.2, -0.15) is 0 Å². The molecule has 86 valence electrons. The van der Waals surface area contributed by atoms with E-state index in [0.717, 1.165) is 20.9 Å². The van der Waals surface area contributed by atoms with E-state index < -0.39 is 0 Å². The Labute approximate surface area is 112 Å². The minimum Gasteiger partial charge on any atom is -0.465 e. The van der Waals surface area contributed by atoms with Crippen LogP contribution in [0.2, 0.25) is 0 Å². The van der Waals surface area contributed by atoms with Gasteiger partial charge in [-0.1, -0.05) is 28.1 Å². The Morgan fingerprint density at radius 3 is 2.62 bits per heavy atom. The normalized spacial score (nSPS) is 10.8. The van der Waals surface area contributed by atoms with Crippen LogP contribution in [0.15, 0.2) is 33.2 Å². The molecule has 0 aromatic heterocycles. The number of hydrogen-bond donors (Lipinski definition) is 0. The maximum Gasteiger partial charge on any atom is 0.339 e. The molecule has 0 unspecified atom stereocenters. The predicted octanol–water partition coefficient (Wildman–Crippen LogP) is 4.12. The van der Waals surface area contributed by atoms with Gasteiger partial charge in [0.2, 0.25) is 0 Å². The monoisotopic (exact) mass is 346 g/mol. The molecule has 0 aliphatic carbocycles. The lowest BCUT2D eigenvalue weighted by molar-refractivity contribution is 0.0599. The van der Waals surface area contributed by atoms with Gasteiger partial charge < -0.3 is 4.74 Å². The van der Waals surface area contributed by atoms with Crippen molar-refractivity contribution < 1.29 is 9.53 Å². The first-order valence-corrected chi connectivity index (χ1v) is 6.36. The van der Waals surface area contributed by atoms with E-state index in [-0.39, 0.29) is 5.97 Å². The van der Waals surface area contributed by atoms with Gasteiger partial charge in [0.1, 0.15) is 0 Å². The molecule has 0 aliphatic heterocycles. The van der Waals surface area contributed by atoms with Crippen molar-refractivity contribution in [1.29, 1.82) is 0 Å². The predicted molar refractivity (Wildman–Crippen MR) is 71.7 cm³/mol. The lowest BCUT2D eigenvalue weighted by atomic mass is 10.1. The van der Waals surface area contributed by atoms with Gasteiger partial charge in [-0.15, -0.1) is 0 Å². The summed E-state index contributed by atoms with van der Waals surface area (Å²) in [5, 5.41) is 0. The Morgan fingerprint density at radius 1 is 1.38 bits per heavy atom. The number of halogens is 2. The van der Waals surface area contributed by atoms with E-state index in [1.807, 2.05) is 19.1 Å². The molecule has 0 spiro atoms. The maximum atomic E-state index is 11.4. The van der Waals surface area contributed by atoms with Gasteiger partial charge in [0.25, 0.3) is 0 Å². The van der Waals surface area contributed by atoms with Crippen molar-refractivity contribution >= 4 is 37.8 Å². The van der Waals surface area contributed by atoms with Crippen molar-refractivity contribution in [2.24, 2.45) is 0 Å². The lowest BCUT2D eigenvalue weighted by Gasteiger charge is -2.07. The highest BCUT2D eigenvalue weighted by Gasteiger charge is 2.12. The zero-order chi connectivity index (χ0) is 12.1. The number of benzene rings is 1. The number of rotatable bonds is 3. The van der Waals surface area contributed by atoms with Crippen LogP contribution in [0, 0.1) is 0 Å². The highest BCUT2D eigenvalue weighted by atomic mass is 79.9. The lowest BCUT2D eigenvalue weighted by Crippen LogP contribution is -2.03. The summed E-state index contributed by atoms with van der Waals surface area (Å²) >= 11 is 6.82. The van der Waals surface area contributed by atoms with E-state index >= 15 is 0 Å². The SMILES string of the molecule is CC=CCc1cc(Br)c(C(=O)OC)cc1Br. The van der Waals surface area contributed by atoms with Crippen molar-refractivity contribution in [3.63, 3.8) is 0 Å². The van der Waals surface area contributed by atoms with Crippen LogP contribution < -0.4 is 0 Å². The average molecular weight is 348 g/mol. The number of allylic oxidation sites excluding steroid dienone is 2. The van der Waals surface area contributed by atoms with Crippen LogP contribution in [0.3, 0.4) is 0 Å². The highest BCUT2D eigenvalue weighted by molar-refractivity contribution is 9.11. The largest absolute Gasteiger partial charge is 0.465 e. The molecular weight excluding hydrogens is 336 g/mol. The van der Waals surface area contributed by atoms with Gasteiger partial charge in [0.05, 0.1) is 12.7 Å². The summed E-state index contributed by atoms with van der Waals surface area (Å²) in [4.78, 5) is 11.4. The third-order valence-electron chi connectivity index (χ3n) is 2.11. The van der Waals surface area contributed by atoms with Gasteiger partial charge in [-0.25, -0.2) is 4.79 Å². The summed E-state index contributed by atoms with van der Waals surface area (Å²) in [7, 11) is 1.37. The number of ether oxygens (including phenoxy) is 1. The van der Waals surface area contributed by atoms with Gasteiger partial charge in [0, 0.05) is 8.95 Å². The number of carbonyl (C=O) groups is 1. The minimum absolute atomic E-state index is 0.342. The van der Waals surface area contributed by atoms with Gasteiger partial charge in [-0.3, -0.25) is 0 Å². The number of hydrogen-bond acceptors (Lipinski definition) is 2. The second-order valence-corrected chi connectivity index (χ2v) is 4.90. The molecule has 16 heavy (non-hydrogen) atoms. The fourth-order valence-electron chi connectivity index (χ4n) is 1.26. The maximum absolute atomic E-state index is 11.4. The molecule has 1 rings (SSSR count). The summed E-state index contributed by atoms with van der Waals surface area (Å²) in [6, 6.07) is 3.70. The van der Waals surface area contributed by atoms with E-state index in [4.69, 9.17) is 0 Å². The Kier molecular flexibility index (Phi) is 5.22. The van der Waals surface area contributed by atoms with Gasteiger partial charge in [-0.05, 0) is 47.0 Å². The number of methoxy groups -OCH3 is 1. The molecule has 0 aliphatic rings. The van der Waals surface area contributed by atoms with Crippen LogP contribution in [0.1, 0.15) is 22.8 Å². The molecule has 0 amide bonds. The molecule has 2 nitrogen and oxygen atoms in total. The first kappa shape index (κ1) is 13.5. The fourth-order valence-corrected chi connectivity index (χ4v) is 2.31. The summed E-state index contributed by atoms with van der Waals surface area (Å²) in [6.07, 6.45) is 4.88.